The molecule has 1 heterocycles. The molecule has 0 spiro atoms. The number of aryl methyl sites for hydroxylation is 1. The molecule has 0 aliphatic carbocycles. The number of carbonyl (C=O) groups excluding carboxylic acids is 1. The number of halogens is 1. The van der Waals surface area contributed by atoms with E-state index < -0.39 is 6.17 Å². The average Bonchev–Trinajstić information content (AvgIpc) is 2.63. The number of fused-ring (bicyclic) bond motifs is 1. The number of hydrogen-bond acceptors (Lipinski definition) is 2. The maximum absolute atomic E-state index is 13.3. The van der Waals surface area contributed by atoms with Crippen LogP contribution in [0.4, 0.5) is 15.8 Å². The van der Waals surface area contributed by atoms with Gasteiger partial charge in [-0.1, -0.05) is 42.0 Å². The van der Waals surface area contributed by atoms with Crippen molar-refractivity contribution in [3.05, 3.63) is 95.3 Å². The number of para-hydroxylation sites is 1. The van der Waals surface area contributed by atoms with Crippen LogP contribution >= 0.6 is 0 Å². The molecule has 1 amide bonds. The van der Waals surface area contributed by atoms with Gasteiger partial charge in [-0.05, 0) is 48.9 Å². The lowest BCUT2D eigenvalue weighted by molar-refractivity contribution is 0.0975. The van der Waals surface area contributed by atoms with E-state index in [1.165, 1.54) is 12.1 Å². The van der Waals surface area contributed by atoms with Gasteiger partial charge in [-0.15, -0.1) is 0 Å². The summed E-state index contributed by atoms with van der Waals surface area (Å²) in [6, 6.07) is 21.5. The Bertz CT molecular complexity index is 919. The summed E-state index contributed by atoms with van der Waals surface area (Å²) in [6.07, 6.45) is -0.397. The minimum Gasteiger partial charge on any atom is -0.360 e. The first-order chi connectivity index (χ1) is 12.1. The number of anilines is 2. The van der Waals surface area contributed by atoms with Crippen molar-refractivity contribution in [3.63, 3.8) is 0 Å². The predicted octanol–water partition coefficient (Wildman–Crippen LogP) is 4.91. The van der Waals surface area contributed by atoms with Gasteiger partial charge >= 0.3 is 0 Å². The van der Waals surface area contributed by atoms with Gasteiger partial charge in [-0.2, -0.15) is 0 Å². The molecule has 124 valence electrons. The standard InChI is InChI=1S/C21H17FN2O/c1-14-6-12-17(13-7-14)24-20(15-8-10-16(22)11-9-15)23-19-5-3-2-4-18(19)21(24)25/h2-13,20,23H,1H3/t20-/m0/s1. The zero-order valence-corrected chi connectivity index (χ0v) is 13.7. The number of hydrogen-bond donors (Lipinski definition) is 1. The van der Waals surface area contributed by atoms with Crippen molar-refractivity contribution < 1.29 is 9.18 Å². The van der Waals surface area contributed by atoms with Gasteiger partial charge in [-0.3, -0.25) is 9.69 Å². The van der Waals surface area contributed by atoms with Gasteiger partial charge in [0, 0.05) is 11.4 Å². The van der Waals surface area contributed by atoms with E-state index in [0.29, 0.717) is 5.56 Å². The molecule has 3 aromatic rings. The van der Waals surface area contributed by atoms with Crippen LogP contribution in [0, 0.1) is 12.7 Å². The minimum atomic E-state index is -0.397. The van der Waals surface area contributed by atoms with E-state index in [1.54, 1.807) is 17.0 Å². The highest BCUT2D eigenvalue weighted by molar-refractivity contribution is 6.12. The molecule has 0 radical (unpaired) electrons. The van der Waals surface area contributed by atoms with Crippen LogP contribution in [0.1, 0.15) is 27.7 Å². The maximum Gasteiger partial charge on any atom is 0.262 e. The molecule has 4 heteroatoms. The molecule has 3 nitrogen and oxygen atoms in total. The van der Waals surface area contributed by atoms with Crippen molar-refractivity contribution in [1.29, 1.82) is 0 Å². The molecule has 0 unspecified atom stereocenters. The Morgan fingerprint density at radius 1 is 0.920 bits per heavy atom. The van der Waals surface area contributed by atoms with Crippen LogP contribution in [-0.2, 0) is 0 Å². The van der Waals surface area contributed by atoms with E-state index in [1.807, 2.05) is 55.5 Å². The topological polar surface area (TPSA) is 32.3 Å². The van der Waals surface area contributed by atoms with E-state index in [2.05, 4.69) is 5.32 Å². The molecule has 0 bridgehead atoms. The van der Waals surface area contributed by atoms with Crippen molar-refractivity contribution in [3.8, 4) is 0 Å². The Morgan fingerprint density at radius 2 is 1.60 bits per heavy atom. The predicted molar refractivity (Wildman–Crippen MR) is 97.2 cm³/mol. The SMILES string of the molecule is Cc1ccc(N2C(=O)c3ccccc3N[C@@H]2c2ccc(F)cc2)cc1. The zero-order chi connectivity index (χ0) is 17.4. The van der Waals surface area contributed by atoms with Gasteiger partial charge in [0.2, 0.25) is 0 Å². The summed E-state index contributed by atoms with van der Waals surface area (Å²) in [4.78, 5) is 14.9. The number of benzene rings is 3. The molecule has 0 saturated heterocycles. The monoisotopic (exact) mass is 332 g/mol. The van der Waals surface area contributed by atoms with Gasteiger partial charge in [0.25, 0.3) is 5.91 Å². The first kappa shape index (κ1) is 15.4. The van der Waals surface area contributed by atoms with E-state index in [0.717, 1.165) is 22.5 Å². The highest BCUT2D eigenvalue weighted by Gasteiger charge is 2.33. The van der Waals surface area contributed by atoms with Gasteiger partial charge in [0.1, 0.15) is 12.0 Å². The number of amides is 1. The largest absolute Gasteiger partial charge is 0.360 e. The average molecular weight is 332 g/mol. The fourth-order valence-electron chi connectivity index (χ4n) is 3.10. The van der Waals surface area contributed by atoms with Gasteiger partial charge in [-0.25, -0.2) is 4.39 Å². The Labute approximate surface area is 145 Å². The lowest BCUT2D eigenvalue weighted by atomic mass is 10.0. The summed E-state index contributed by atoms with van der Waals surface area (Å²) < 4.78 is 13.3. The first-order valence-electron chi connectivity index (χ1n) is 8.15. The third kappa shape index (κ3) is 2.76. The van der Waals surface area contributed by atoms with Crippen molar-refractivity contribution in [1.82, 2.24) is 0 Å². The summed E-state index contributed by atoms with van der Waals surface area (Å²) in [5.74, 6) is -0.374. The maximum atomic E-state index is 13.3. The number of carbonyl (C=O) groups is 1. The molecule has 0 saturated carbocycles. The Morgan fingerprint density at radius 3 is 2.32 bits per heavy atom. The molecule has 0 aromatic heterocycles. The quantitative estimate of drug-likeness (QED) is 0.723. The van der Waals surface area contributed by atoms with Crippen LogP contribution in [0.2, 0.25) is 0 Å². The molecule has 1 atom stereocenters. The summed E-state index contributed by atoms with van der Waals surface area (Å²) in [5, 5.41) is 3.41. The molecule has 4 rings (SSSR count). The molecular formula is C21H17FN2O. The van der Waals surface area contributed by atoms with Gasteiger partial charge in [0.15, 0.2) is 0 Å². The van der Waals surface area contributed by atoms with Gasteiger partial charge in [0.05, 0.1) is 5.56 Å². The van der Waals surface area contributed by atoms with Crippen molar-refractivity contribution in [2.45, 2.75) is 13.1 Å². The zero-order valence-electron chi connectivity index (χ0n) is 13.7. The van der Waals surface area contributed by atoms with Crippen LogP contribution in [0.5, 0.6) is 0 Å². The highest BCUT2D eigenvalue weighted by Crippen LogP contribution is 2.36. The molecule has 1 N–H and O–H groups in total. The fraction of sp³-hybridized carbons (Fsp3) is 0.0952. The summed E-state index contributed by atoms with van der Waals surface area (Å²) >= 11 is 0. The molecular weight excluding hydrogens is 315 g/mol. The molecule has 1 aliphatic rings. The molecule has 3 aromatic carbocycles. The second-order valence-electron chi connectivity index (χ2n) is 6.15. The van der Waals surface area contributed by atoms with Crippen LogP contribution < -0.4 is 10.2 Å². The van der Waals surface area contributed by atoms with Crippen molar-refractivity contribution in [2.24, 2.45) is 0 Å². The highest BCUT2D eigenvalue weighted by atomic mass is 19.1. The summed E-state index contributed by atoms with van der Waals surface area (Å²) in [5.41, 5.74) is 4.16. The van der Waals surface area contributed by atoms with Crippen LogP contribution in [0.15, 0.2) is 72.8 Å². The van der Waals surface area contributed by atoms with Crippen LogP contribution in [0.25, 0.3) is 0 Å². The third-order valence-electron chi connectivity index (χ3n) is 4.42. The Hall–Kier alpha value is -3.14. The third-order valence-corrected chi connectivity index (χ3v) is 4.42. The van der Waals surface area contributed by atoms with E-state index in [-0.39, 0.29) is 11.7 Å². The van der Waals surface area contributed by atoms with Crippen LogP contribution in [0.3, 0.4) is 0 Å². The molecule has 1 aliphatic heterocycles. The smallest absolute Gasteiger partial charge is 0.262 e. The lowest BCUT2D eigenvalue weighted by Gasteiger charge is -2.38. The Balaban J connectivity index is 1.85. The lowest BCUT2D eigenvalue weighted by Crippen LogP contribution is -2.43. The number of rotatable bonds is 2. The van der Waals surface area contributed by atoms with Crippen molar-refractivity contribution >= 4 is 17.3 Å². The molecule has 25 heavy (non-hydrogen) atoms. The van der Waals surface area contributed by atoms with E-state index in [4.69, 9.17) is 0 Å². The van der Waals surface area contributed by atoms with E-state index in [9.17, 15) is 9.18 Å². The Kier molecular flexibility index (Phi) is 3.73. The number of nitrogens with zero attached hydrogens (tertiary/aromatic N) is 1. The second kappa shape index (κ2) is 6.06. The normalized spacial score (nSPS) is 16.3. The second-order valence-corrected chi connectivity index (χ2v) is 6.15. The molecule has 0 fully saturated rings. The van der Waals surface area contributed by atoms with Gasteiger partial charge < -0.3 is 5.32 Å². The fourth-order valence-corrected chi connectivity index (χ4v) is 3.10. The van der Waals surface area contributed by atoms with Crippen molar-refractivity contribution in [2.75, 3.05) is 10.2 Å². The summed E-state index contributed by atoms with van der Waals surface area (Å²) in [7, 11) is 0. The number of nitrogens with one attached hydrogen (secondary N) is 1. The van der Waals surface area contributed by atoms with Crippen LogP contribution in [-0.4, -0.2) is 5.91 Å². The first-order valence-corrected chi connectivity index (χ1v) is 8.15. The summed E-state index contributed by atoms with van der Waals surface area (Å²) in [6.45, 7) is 2.01. The minimum absolute atomic E-state index is 0.0764. The van der Waals surface area contributed by atoms with E-state index >= 15 is 0 Å².